The molecule has 2 rings (SSSR count). The van der Waals surface area contributed by atoms with Crippen LogP contribution in [0.5, 0.6) is 0 Å². The first-order valence-corrected chi connectivity index (χ1v) is 4.02. The van der Waals surface area contributed by atoms with E-state index in [9.17, 15) is 0 Å². The van der Waals surface area contributed by atoms with Gasteiger partial charge in [-0.25, -0.2) is 4.98 Å². The van der Waals surface area contributed by atoms with E-state index in [0.717, 1.165) is 16.6 Å². The van der Waals surface area contributed by atoms with Crippen molar-refractivity contribution >= 4 is 16.7 Å². The first kappa shape index (κ1) is 8.07. The van der Waals surface area contributed by atoms with Gasteiger partial charge in [0.25, 0.3) is 0 Å². The van der Waals surface area contributed by atoms with Gasteiger partial charge in [0, 0.05) is 18.3 Å². The highest BCUT2D eigenvalue weighted by Crippen LogP contribution is 2.20. The number of nitrogen functional groups attached to an aromatic ring is 1. The lowest BCUT2D eigenvalue weighted by Gasteiger charge is -2.02. The van der Waals surface area contributed by atoms with Crippen LogP contribution in [0.1, 0.15) is 5.56 Å². The number of aliphatic hydroxyl groups is 1. The lowest BCUT2D eigenvalue weighted by atomic mass is 10.1. The van der Waals surface area contributed by atoms with Gasteiger partial charge in [-0.05, 0) is 12.1 Å². The average molecular weight is 177 g/mol. The number of benzene rings is 1. The smallest absolute Gasteiger partial charge is 0.0955 e. The number of aryl methyl sites for hydroxylation is 1. The van der Waals surface area contributed by atoms with Gasteiger partial charge in [-0.2, -0.15) is 0 Å². The van der Waals surface area contributed by atoms with Crippen LogP contribution in [0.3, 0.4) is 0 Å². The maximum absolute atomic E-state index is 8.97. The third-order valence-corrected chi connectivity index (χ3v) is 2.16. The summed E-state index contributed by atoms with van der Waals surface area (Å²) in [4.78, 5) is 4.16. The Morgan fingerprint density at radius 2 is 2.31 bits per heavy atom. The Morgan fingerprint density at radius 3 is 3.00 bits per heavy atom. The molecule has 1 heterocycles. The van der Waals surface area contributed by atoms with Crippen LogP contribution in [0.15, 0.2) is 18.5 Å². The third-order valence-electron chi connectivity index (χ3n) is 2.16. The second-order valence-electron chi connectivity index (χ2n) is 3.05. The summed E-state index contributed by atoms with van der Waals surface area (Å²) in [6, 6.07) is 3.64. The van der Waals surface area contributed by atoms with E-state index in [1.165, 1.54) is 0 Å². The molecule has 0 saturated carbocycles. The van der Waals surface area contributed by atoms with Gasteiger partial charge in [0.2, 0.25) is 0 Å². The van der Waals surface area contributed by atoms with Crippen molar-refractivity contribution in [2.75, 3.05) is 5.73 Å². The van der Waals surface area contributed by atoms with E-state index < -0.39 is 0 Å². The molecule has 68 valence electrons. The fourth-order valence-electron chi connectivity index (χ4n) is 1.37. The highest BCUT2D eigenvalue weighted by atomic mass is 16.3. The van der Waals surface area contributed by atoms with E-state index in [-0.39, 0.29) is 6.61 Å². The SMILES string of the molecule is Cn1cnc2cc(CO)c(N)cc21. The van der Waals surface area contributed by atoms with Crippen molar-refractivity contribution in [2.45, 2.75) is 6.61 Å². The fraction of sp³-hybridized carbons (Fsp3) is 0.222. The zero-order valence-corrected chi connectivity index (χ0v) is 7.36. The zero-order valence-electron chi connectivity index (χ0n) is 7.36. The van der Waals surface area contributed by atoms with Crippen molar-refractivity contribution in [2.24, 2.45) is 7.05 Å². The number of anilines is 1. The summed E-state index contributed by atoms with van der Waals surface area (Å²) < 4.78 is 1.90. The van der Waals surface area contributed by atoms with Crippen LogP contribution in [-0.4, -0.2) is 14.7 Å². The summed E-state index contributed by atoms with van der Waals surface area (Å²) in [6.07, 6.45) is 1.73. The Labute approximate surface area is 75.6 Å². The van der Waals surface area contributed by atoms with Crippen molar-refractivity contribution in [1.82, 2.24) is 9.55 Å². The van der Waals surface area contributed by atoms with E-state index in [1.807, 2.05) is 23.7 Å². The first-order chi connectivity index (χ1) is 6.22. The average Bonchev–Trinajstić information content (AvgIpc) is 2.47. The number of imidazole rings is 1. The Bertz CT molecular complexity index is 447. The van der Waals surface area contributed by atoms with Gasteiger partial charge in [-0.15, -0.1) is 0 Å². The number of rotatable bonds is 1. The second kappa shape index (κ2) is 2.74. The maximum atomic E-state index is 8.97. The predicted octanol–water partition coefficient (Wildman–Crippen LogP) is 0.648. The van der Waals surface area contributed by atoms with Crippen molar-refractivity contribution in [3.05, 3.63) is 24.0 Å². The normalized spacial score (nSPS) is 10.9. The topological polar surface area (TPSA) is 64.1 Å². The number of fused-ring (bicyclic) bond motifs is 1. The van der Waals surface area contributed by atoms with Gasteiger partial charge >= 0.3 is 0 Å². The van der Waals surface area contributed by atoms with Crippen LogP contribution in [-0.2, 0) is 13.7 Å². The monoisotopic (exact) mass is 177 g/mol. The summed E-state index contributed by atoms with van der Waals surface area (Å²) in [7, 11) is 1.91. The fourth-order valence-corrected chi connectivity index (χ4v) is 1.37. The van der Waals surface area contributed by atoms with Gasteiger partial charge in [0.15, 0.2) is 0 Å². The molecule has 1 aromatic carbocycles. The standard InChI is InChI=1S/C9H11N3O/c1-12-5-11-8-2-6(4-13)7(10)3-9(8)12/h2-3,5,13H,4,10H2,1H3. The van der Waals surface area contributed by atoms with Crippen LogP contribution >= 0.6 is 0 Å². The van der Waals surface area contributed by atoms with Crippen molar-refractivity contribution in [3.8, 4) is 0 Å². The summed E-state index contributed by atoms with van der Waals surface area (Å²) in [5.41, 5.74) is 8.90. The van der Waals surface area contributed by atoms with Crippen LogP contribution in [0.4, 0.5) is 5.69 Å². The van der Waals surface area contributed by atoms with Gasteiger partial charge in [-0.3, -0.25) is 0 Å². The molecule has 4 heteroatoms. The van der Waals surface area contributed by atoms with E-state index in [2.05, 4.69) is 4.98 Å². The minimum Gasteiger partial charge on any atom is -0.398 e. The van der Waals surface area contributed by atoms with Crippen LogP contribution in [0.2, 0.25) is 0 Å². The Kier molecular flexibility index (Phi) is 1.70. The summed E-state index contributed by atoms with van der Waals surface area (Å²) in [5.74, 6) is 0. The molecule has 1 aromatic heterocycles. The molecule has 3 N–H and O–H groups in total. The summed E-state index contributed by atoms with van der Waals surface area (Å²) in [6.45, 7) is -0.0433. The van der Waals surface area contributed by atoms with Crippen molar-refractivity contribution in [3.63, 3.8) is 0 Å². The quantitative estimate of drug-likeness (QED) is 0.628. The largest absolute Gasteiger partial charge is 0.398 e. The first-order valence-electron chi connectivity index (χ1n) is 4.02. The molecule has 0 spiro atoms. The predicted molar refractivity (Wildman–Crippen MR) is 51.0 cm³/mol. The Morgan fingerprint density at radius 1 is 1.54 bits per heavy atom. The highest BCUT2D eigenvalue weighted by Gasteiger charge is 2.04. The molecule has 2 aromatic rings. The molecule has 4 nitrogen and oxygen atoms in total. The molecular weight excluding hydrogens is 166 g/mol. The molecular formula is C9H11N3O. The van der Waals surface area contributed by atoms with Gasteiger partial charge in [0.1, 0.15) is 0 Å². The van der Waals surface area contributed by atoms with Crippen LogP contribution in [0.25, 0.3) is 11.0 Å². The molecule has 0 aliphatic heterocycles. The minimum atomic E-state index is -0.0433. The molecule has 0 amide bonds. The molecule has 0 unspecified atom stereocenters. The zero-order chi connectivity index (χ0) is 9.42. The molecule has 13 heavy (non-hydrogen) atoms. The van der Waals surface area contributed by atoms with Gasteiger partial charge < -0.3 is 15.4 Å². The lowest BCUT2D eigenvalue weighted by Crippen LogP contribution is -1.95. The van der Waals surface area contributed by atoms with E-state index in [0.29, 0.717) is 5.69 Å². The number of hydrogen-bond donors (Lipinski definition) is 2. The van der Waals surface area contributed by atoms with E-state index in [4.69, 9.17) is 10.8 Å². The molecule has 0 saturated heterocycles. The van der Waals surface area contributed by atoms with Crippen LogP contribution in [0, 0.1) is 0 Å². The number of hydrogen-bond acceptors (Lipinski definition) is 3. The second-order valence-corrected chi connectivity index (χ2v) is 3.05. The van der Waals surface area contributed by atoms with Crippen molar-refractivity contribution < 1.29 is 5.11 Å². The number of aliphatic hydroxyl groups excluding tert-OH is 1. The number of nitrogens with zero attached hydrogens (tertiary/aromatic N) is 2. The molecule has 0 fully saturated rings. The van der Waals surface area contributed by atoms with Crippen molar-refractivity contribution in [1.29, 1.82) is 0 Å². The summed E-state index contributed by atoms with van der Waals surface area (Å²) >= 11 is 0. The molecule has 0 radical (unpaired) electrons. The number of nitrogens with two attached hydrogens (primary N) is 1. The molecule has 0 atom stereocenters. The Hall–Kier alpha value is -1.55. The minimum absolute atomic E-state index is 0.0433. The lowest BCUT2D eigenvalue weighted by molar-refractivity contribution is 0.282. The number of aromatic nitrogens is 2. The third kappa shape index (κ3) is 1.15. The maximum Gasteiger partial charge on any atom is 0.0955 e. The molecule has 0 aliphatic carbocycles. The Balaban J connectivity index is 2.76. The van der Waals surface area contributed by atoms with E-state index in [1.54, 1.807) is 6.33 Å². The molecule has 0 bridgehead atoms. The van der Waals surface area contributed by atoms with Gasteiger partial charge in [-0.1, -0.05) is 0 Å². The summed E-state index contributed by atoms with van der Waals surface area (Å²) in [5, 5.41) is 8.97. The molecule has 0 aliphatic rings. The van der Waals surface area contributed by atoms with Gasteiger partial charge in [0.05, 0.1) is 24.0 Å². The van der Waals surface area contributed by atoms with Crippen LogP contribution < -0.4 is 5.73 Å². The van der Waals surface area contributed by atoms with E-state index >= 15 is 0 Å². The highest BCUT2D eigenvalue weighted by molar-refractivity contribution is 5.80.